The number of rotatable bonds is 5. The molecule has 124 valence electrons. The fraction of sp³-hybridized carbons (Fsp3) is 0.211. The average Bonchev–Trinajstić information content (AvgIpc) is 2.59. The van der Waals surface area contributed by atoms with Gasteiger partial charge in [-0.25, -0.2) is 4.79 Å². The summed E-state index contributed by atoms with van der Waals surface area (Å²) < 4.78 is 10.6. The number of quaternary nitrogens is 1. The SMILES string of the molecule is COc1ccccc1C[NH2+]Cc1cc(=O)oc2c(C)c(O)ccc12. The molecule has 3 N–H and O–H groups in total. The van der Waals surface area contributed by atoms with Crippen molar-refractivity contribution in [2.24, 2.45) is 0 Å². The lowest BCUT2D eigenvalue weighted by Gasteiger charge is -2.09. The molecule has 0 spiro atoms. The van der Waals surface area contributed by atoms with Gasteiger partial charge in [-0.3, -0.25) is 0 Å². The molecule has 0 radical (unpaired) electrons. The van der Waals surface area contributed by atoms with Gasteiger partial charge in [0.15, 0.2) is 0 Å². The molecule has 0 unspecified atom stereocenters. The molecule has 24 heavy (non-hydrogen) atoms. The van der Waals surface area contributed by atoms with Crippen molar-refractivity contribution in [1.29, 1.82) is 0 Å². The molecule has 1 heterocycles. The van der Waals surface area contributed by atoms with Crippen LogP contribution in [0.5, 0.6) is 11.5 Å². The van der Waals surface area contributed by atoms with Crippen molar-refractivity contribution in [1.82, 2.24) is 0 Å². The Morgan fingerprint density at radius 3 is 2.67 bits per heavy atom. The Hall–Kier alpha value is -2.79. The first-order valence-electron chi connectivity index (χ1n) is 7.79. The quantitative estimate of drug-likeness (QED) is 0.704. The molecule has 0 aliphatic carbocycles. The van der Waals surface area contributed by atoms with Gasteiger partial charge in [0.2, 0.25) is 0 Å². The lowest BCUT2D eigenvalue weighted by molar-refractivity contribution is -0.686. The highest BCUT2D eigenvalue weighted by atomic mass is 16.5. The molecule has 0 fully saturated rings. The van der Waals surface area contributed by atoms with Crippen LogP contribution in [0.3, 0.4) is 0 Å². The number of fused-ring (bicyclic) bond motifs is 1. The van der Waals surface area contributed by atoms with E-state index >= 15 is 0 Å². The van der Waals surface area contributed by atoms with Crippen LogP contribution < -0.4 is 15.7 Å². The Labute approximate surface area is 139 Å². The number of ether oxygens (including phenoxy) is 1. The van der Waals surface area contributed by atoms with E-state index in [2.05, 4.69) is 5.32 Å². The smallest absolute Gasteiger partial charge is 0.336 e. The van der Waals surface area contributed by atoms with E-state index in [-0.39, 0.29) is 5.75 Å². The van der Waals surface area contributed by atoms with Gasteiger partial charge in [0.1, 0.15) is 30.2 Å². The van der Waals surface area contributed by atoms with Crippen molar-refractivity contribution < 1.29 is 19.6 Å². The van der Waals surface area contributed by atoms with E-state index < -0.39 is 5.63 Å². The number of methoxy groups -OCH3 is 1. The van der Waals surface area contributed by atoms with Gasteiger partial charge in [0, 0.05) is 28.1 Å². The van der Waals surface area contributed by atoms with Gasteiger partial charge >= 0.3 is 5.63 Å². The minimum absolute atomic E-state index is 0.126. The maximum atomic E-state index is 11.8. The average molecular weight is 326 g/mol. The zero-order valence-corrected chi connectivity index (χ0v) is 13.7. The number of hydrogen-bond acceptors (Lipinski definition) is 4. The summed E-state index contributed by atoms with van der Waals surface area (Å²) in [5.41, 5.74) is 2.61. The predicted octanol–water partition coefficient (Wildman–Crippen LogP) is 2.08. The van der Waals surface area contributed by atoms with E-state index in [1.54, 1.807) is 26.2 Å². The van der Waals surface area contributed by atoms with Crippen LogP contribution >= 0.6 is 0 Å². The molecule has 0 saturated carbocycles. The maximum absolute atomic E-state index is 11.8. The van der Waals surface area contributed by atoms with E-state index in [0.29, 0.717) is 17.7 Å². The number of nitrogens with two attached hydrogens (primary N) is 1. The van der Waals surface area contributed by atoms with Gasteiger partial charge in [-0.05, 0) is 31.2 Å². The van der Waals surface area contributed by atoms with Gasteiger partial charge in [-0.15, -0.1) is 0 Å². The van der Waals surface area contributed by atoms with E-state index in [9.17, 15) is 9.90 Å². The molecule has 0 atom stereocenters. The number of para-hydroxylation sites is 1. The Kier molecular flexibility index (Phi) is 4.53. The summed E-state index contributed by atoms with van der Waals surface area (Å²) in [5.74, 6) is 0.979. The Balaban J connectivity index is 1.85. The van der Waals surface area contributed by atoms with E-state index in [4.69, 9.17) is 9.15 Å². The lowest BCUT2D eigenvalue weighted by Crippen LogP contribution is -2.80. The third kappa shape index (κ3) is 3.12. The first-order chi connectivity index (χ1) is 11.6. The monoisotopic (exact) mass is 326 g/mol. The predicted molar refractivity (Wildman–Crippen MR) is 91.2 cm³/mol. The highest BCUT2D eigenvalue weighted by molar-refractivity contribution is 5.84. The van der Waals surface area contributed by atoms with E-state index in [1.165, 1.54) is 6.07 Å². The standard InChI is InChI=1S/C19H19NO4/c1-12-16(21)8-7-15-14(9-18(22)24-19(12)15)11-20-10-13-5-3-4-6-17(13)23-2/h3-9,20-21H,10-11H2,1-2H3/p+1. The summed E-state index contributed by atoms with van der Waals surface area (Å²) in [5, 5.41) is 12.8. The number of phenols is 1. The topological polar surface area (TPSA) is 76.3 Å². The van der Waals surface area contributed by atoms with Crippen LogP contribution in [-0.2, 0) is 13.1 Å². The molecule has 0 bridgehead atoms. The van der Waals surface area contributed by atoms with Gasteiger partial charge in [0.25, 0.3) is 0 Å². The first kappa shape index (κ1) is 16.1. The third-order valence-electron chi connectivity index (χ3n) is 4.14. The van der Waals surface area contributed by atoms with Gasteiger partial charge in [-0.1, -0.05) is 12.1 Å². The largest absolute Gasteiger partial charge is 0.508 e. The van der Waals surface area contributed by atoms with Crippen LogP contribution in [0, 0.1) is 6.92 Å². The van der Waals surface area contributed by atoms with Crippen molar-refractivity contribution in [2.75, 3.05) is 7.11 Å². The van der Waals surface area contributed by atoms with Crippen LogP contribution in [0.1, 0.15) is 16.7 Å². The highest BCUT2D eigenvalue weighted by Gasteiger charge is 2.12. The lowest BCUT2D eigenvalue weighted by atomic mass is 10.1. The fourth-order valence-electron chi connectivity index (χ4n) is 2.84. The molecule has 5 nitrogen and oxygen atoms in total. The van der Waals surface area contributed by atoms with Crippen molar-refractivity contribution in [3.8, 4) is 11.5 Å². The van der Waals surface area contributed by atoms with Crippen LogP contribution in [0.25, 0.3) is 11.0 Å². The summed E-state index contributed by atoms with van der Waals surface area (Å²) in [7, 11) is 1.66. The minimum Gasteiger partial charge on any atom is -0.508 e. The molecule has 0 aliphatic rings. The number of phenolic OH excluding ortho intramolecular Hbond substituents is 1. The normalized spacial score (nSPS) is 10.9. The molecule has 5 heteroatoms. The summed E-state index contributed by atoms with van der Waals surface area (Å²) >= 11 is 0. The third-order valence-corrected chi connectivity index (χ3v) is 4.14. The number of aromatic hydroxyl groups is 1. The molecular weight excluding hydrogens is 306 g/mol. The van der Waals surface area contributed by atoms with Gasteiger partial charge in [0.05, 0.1) is 7.11 Å². The zero-order valence-electron chi connectivity index (χ0n) is 13.7. The molecule has 0 aliphatic heterocycles. The molecule has 2 aromatic carbocycles. The van der Waals surface area contributed by atoms with Gasteiger partial charge < -0.3 is 19.6 Å². The summed E-state index contributed by atoms with van der Waals surface area (Å²) in [6, 6.07) is 12.8. The van der Waals surface area contributed by atoms with E-state index in [0.717, 1.165) is 28.8 Å². The molecule has 3 aromatic rings. The highest BCUT2D eigenvalue weighted by Crippen LogP contribution is 2.27. The first-order valence-corrected chi connectivity index (χ1v) is 7.79. The van der Waals surface area contributed by atoms with Gasteiger partial charge in [-0.2, -0.15) is 0 Å². The van der Waals surface area contributed by atoms with Crippen molar-refractivity contribution in [2.45, 2.75) is 20.0 Å². The molecule has 0 amide bonds. The molecule has 3 rings (SSSR count). The van der Waals surface area contributed by atoms with Crippen molar-refractivity contribution >= 4 is 11.0 Å². The van der Waals surface area contributed by atoms with Crippen LogP contribution in [0.2, 0.25) is 0 Å². The molecule has 0 saturated heterocycles. The zero-order chi connectivity index (χ0) is 17.1. The van der Waals surface area contributed by atoms with Crippen LogP contribution in [0.4, 0.5) is 0 Å². The number of hydrogen-bond donors (Lipinski definition) is 2. The van der Waals surface area contributed by atoms with Crippen molar-refractivity contribution in [3.05, 3.63) is 69.6 Å². The fourth-order valence-corrected chi connectivity index (χ4v) is 2.84. The van der Waals surface area contributed by atoms with Crippen molar-refractivity contribution in [3.63, 3.8) is 0 Å². The number of benzene rings is 2. The van der Waals surface area contributed by atoms with Crippen LogP contribution in [-0.4, -0.2) is 12.2 Å². The second-order valence-electron chi connectivity index (χ2n) is 5.69. The molecule has 1 aromatic heterocycles. The Morgan fingerprint density at radius 1 is 1.12 bits per heavy atom. The summed E-state index contributed by atoms with van der Waals surface area (Å²) in [4.78, 5) is 11.8. The maximum Gasteiger partial charge on any atom is 0.336 e. The minimum atomic E-state index is -0.406. The van der Waals surface area contributed by atoms with E-state index in [1.807, 2.05) is 24.3 Å². The Morgan fingerprint density at radius 2 is 1.88 bits per heavy atom. The summed E-state index contributed by atoms with van der Waals surface area (Å²) in [6.07, 6.45) is 0. The second-order valence-corrected chi connectivity index (χ2v) is 5.69. The molecular formula is C19H20NO4+. The summed E-state index contributed by atoms with van der Waals surface area (Å²) in [6.45, 7) is 3.11. The Bertz CT molecular complexity index is 930. The van der Waals surface area contributed by atoms with Crippen LogP contribution in [0.15, 0.2) is 51.7 Å². The number of aryl methyl sites for hydroxylation is 1. The second kappa shape index (κ2) is 6.76.